The van der Waals surface area contributed by atoms with E-state index in [1.54, 1.807) is 0 Å². The SMILES string of the molecule is O=C(O)CCC(=O)Nc1cc(C(=O)Cl)cc(C(=O)Cl)c1. The number of aliphatic carboxylic acids is 1. The monoisotopic (exact) mass is 317 g/mol. The van der Waals surface area contributed by atoms with Gasteiger partial charge in [0, 0.05) is 23.2 Å². The second-order valence-electron chi connectivity index (χ2n) is 3.79. The molecule has 0 spiro atoms. The first-order valence-corrected chi connectivity index (χ1v) is 6.11. The molecule has 0 aliphatic carbocycles. The third-order valence-corrected chi connectivity index (χ3v) is 2.67. The second-order valence-corrected chi connectivity index (χ2v) is 4.47. The molecule has 1 aromatic rings. The summed E-state index contributed by atoms with van der Waals surface area (Å²) in [6, 6.07) is 3.71. The van der Waals surface area contributed by atoms with Crippen molar-refractivity contribution in [3.05, 3.63) is 29.3 Å². The Kier molecular flexibility index (Phi) is 5.66. The maximum atomic E-state index is 11.5. The van der Waals surface area contributed by atoms with Crippen LogP contribution in [0.15, 0.2) is 18.2 Å². The topological polar surface area (TPSA) is 101 Å². The van der Waals surface area contributed by atoms with Gasteiger partial charge in [-0.3, -0.25) is 19.2 Å². The molecule has 0 aliphatic rings. The number of hydrogen-bond donors (Lipinski definition) is 2. The van der Waals surface area contributed by atoms with E-state index in [1.807, 2.05) is 0 Å². The lowest BCUT2D eigenvalue weighted by Gasteiger charge is -2.07. The van der Waals surface area contributed by atoms with Gasteiger partial charge in [0.15, 0.2) is 0 Å². The van der Waals surface area contributed by atoms with Gasteiger partial charge >= 0.3 is 5.97 Å². The van der Waals surface area contributed by atoms with Gasteiger partial charge in [0.1, 0.15) is 0 Å². The number of carboxylic acid groups (broad SMARTS) is 1. The summed E-state index contributed by atoms with van der Waals surface area (Å²) in [6.07, 6.45) is -0.570. The van der Waals surface area contributed by atoms with Crippen LogP contribution in [0, 0.1) is 0 Å². The molecule has 1 rings (SSSR count). The molecular weight excluding hydrogens is 309 g/mol. The van der Waals surface area contributed by atoms with E-state index in [2.05, 4.69) is 5.32 Å². The van der Waals surface area contributed by atoms with Crippen molar-refractivity contribution in [3.8, 4) is 0 Å². The standard InChI is InChI=1S/C12H9Cl2NO5/c13-11(19)6-3-7(12(14)20)5-8(4-6)15-9(16)1-2-10(17)18/h3-5H,1-2H2,(H,15,16)(H,17,18). The summed E-state index contributed by atoms with van der Waals surface area (Å²) < 4.78 is 0. The van der Waals surface area contributed by atoms with Gasteiger partial charge in [-0.15, -0.1) is 0 Å². The summed E-state index contributed by atoms with van der Waals surface area (Å²) in [5.74, 6) is -1.68. The van der Waals surface area contributed by atoms with Gasteiger partial charge in [-0.25, -0.2) is 0 Å². The number of carboxylic acids is 1. The average Bonchev–Trinajstić information content (AvgIpc) is 2.35. The fourth-order valence-corrected chi connectivity index (χ4v) is 1.59. The molecule has 2 N–H and O–H groups in total. The van der Waals surface area contributed by atoms with Crippen molar-refractivity contribution >= 4 is 51.3 Å². The zero-order valence-corrected chi connectivity index (χ0v) is 11.5. The molecule has 8 heteroatoms. The van der Waals surface area contributed by atoms with Crippen molar-refractivity contribution in [2.75, 3.05) is 5.32 Å². The maximum Gasteiger partial charge on any atom is 0.303 e. The molecular formula is C12H9Cl2NO5. The van der Waals surface area contributed by atoms with Crippen LogP contribution in [0.4, 0.5) is 5.69 Å². The van der Waals surface area contributed by atoms with Crippen LogP contribution >= 0.6 is 23.2 Å². The number of rotatable bonds is 6. The number of benzene rings is 1. The van der Waals surface area contributed by atoms with Crippen molar-refractivity contribution in [1.82, 2.24) is 0 Å². The fourth-order valence-electron chi connectivity index (χ4n) is 1.37. The van der Waals surface area contributed by atoms with E-state index in [4.69, 9.17) is 28.3 Å². The fraction of sp³-hybridized carbons (Fsp3) is 0.167. The minimum absolute atomic E-state index is 0.00768. The van der Waals surface area contributed by atoms with Gasteiger partial charge in [0.05, 0.1) is 6.42 Å². The van der Waals surface area contributed by atoms with Crippen molar-refractivity contribution in [3.63, 3.8) is 0 Å². The van der Waals surface area contributed by atoms with E-state index in [0.29, 0.717) is 0 Å². The number of carbonyl (C=O) groups excluding carboxylic acids is 3. The number of hydrogen-bond acceptors (Lipinski definition) is 4. The number of halogens is 2. The summed E-state index contributed by atoms with van der Waals surface area (Å²) >= 11 is 10.6. The Balaban J connectivity index is 2.94. The van der Waals surface area contributed by atoms with Gasteiger partial charge < -0.3 is 10.4 Å². The minimum Gasteiger partial charge on any atom is -0.481 e. The van der Waals surface area contributed by atoms with Gasteiger partial charge in [-0.1, -0.05) is 0 Å². The molecule has 0 unspecified atom stereocenters. The van der Waals surface area contributed by atoms with Crippen LogP contribution < -0.4 is 5.32 Å². The van der Waals surface area contributed by atoms with E-state index in [-0.39, 0.29) is 29.7 Å². The molecule has 6 nitrogen and oxygen atoms in total. The Morgan fingerprint density at radius 1 is 0.950 bits per heavy atom. The Labute approximate surface area is 123 Å². The van der Waals surface area contributed by atoms with Gasteiger partial charge in [-0.2, -0.15) is 0 Å². The summed E-state index contributed by atoms with van der Waals surface area (Å²) in [4.78, 5) is 44.0. The number of anilines is 1. The highest BCUT2D eigenvalue weighted by molar-refractivity contribution is 6.69. The first-order chi connectivity index (χ1) is 9.29. The molecule has 0 bridgehead atoms. The Hall–Kier alpha value is -1.92. The van der Waals surface area contributed by atoms with Gasteiger partial charge in [-0.05, 0) is 41.4 Å². The van der Waals surface area contributed by atoms with Gasteiger partial charge in [0.25, 0.3) is 10.5 Å². The summed E-state index contributed by atoms with van der Waals surface area (Å²) in [5, 5.41) is 9.19. The van der Waals surface area contributed by atoms with Gasteiger partial charge in [0.2, 0.25) is 5.91 Å². The smallest absolute Gasteiger partial charge is 0.303 e. The number of amides is 1. The predicted octanol–water partition coefficient (Wildman–Crippen LogP) is 2.25. The first-order valence-electron chi connectivity index (χ1n) is 5.36. The molecule has 20 heavy (non-hydrogen) atoms. The largest absolute Gasteiger partial charge is 0.481 e. The highest BCUT2D eigenvalue weighted by Crippen LogP contribution is 2.18. The zero-order valence-electron chi connectivity index (χ0n) is 9.98. The molecule has 1 amide bonds. The maximum absolute atomic E-state index is 11.5. The number of carbonyl (C=O) groups is 4. The predicted molar refractivity (Wildman–Crippen MR) is 72.3 cm³/mol. The average molecular weight is 318 g/mol. The highest BCUT2D eigenvalue weighted by Gasteiger charge is 2.12. The number of nitrogens with one attached hydrogen (secondary N) is 1. The quantitative estimate of drug-likeness (QED) is 0.784. The molecule has 0 fully saturated rings. The molecule has 0 heterocycles. The normalized spacial score (nSPS) is 9.90. The minimum atomic E-state index is -1.11. The molecule has 0 saturated heterocycles. The third-order valence-electron chi connectivity index (χ3n) is 2.24. The third kappa shape index (κ3) is 4.99. The van der Waals surface area contributed by atoms with E-state index in [9.17, 15) is 19.2 Å². The van der Waals surface area contributed by atoms with Crippen LogP contribution in [0.25, 0.3) is 0 Å². The van der Waals surface area contributed by atoms with Crippen LogP contribution in [0.2, 0.25) is 0 Å². The van der Waals surface area contributed by atoms with Crippen molar-refractivity contribution < 1.29 is 24.3 Å². The first kappa shape index (κ1) is 16.1. The lowest BCUT2D eigenvalue weighted by atomic mass is 10.1. The summed E-state index contributed by atoms with van der Waals surface area (Å²) in [5.41, 5.74) is 0.120. The summed E-state index contributed by atoms with van der Waals surface area (Å²) in [7, 11) is 0. The van der Waals surface area contributed by atoms with E-state index < -0.39 is 22.4 Å². The molecule has 106 valence electrons. The Morgan fingerprint density at radius 2 is 1.45 bits per heavy atom. The molecule has 0 saturated carbocycles. The van der Waals surface area contributed by atoms with Crippen LogP contribution in [0.3, 0.4) is 0 Å². The molecule has 1 aromatic carbocycles. The van der Waals surface area contributed by atoms with Crippen molar-refractivity contribution in [2.45, 2.75) is 12.8 Å². The van der Waals surface area contributed by atoms with E-state index in [1.165, 1.54) is 18.2 Å². The van der Waals surface area contributed by atoms with E-state index >= 15 is 0 Å². The van der Waals surface area contributed by atoms with E-state index in [0.717, 1.165) is 0 Å². The lowest BCUT2D eigenvalue weighted by Crippen LogP contribution is -2.14. The van der Waals surface area contributed by atoms with Crippen LogP contribution in [-0.2, 0) is 9.59 Å². The Morgan fingerprint density at radius 3 is 1.85 bits per heavy atom. The lowest BCUT2D eigenvalue weighted by molar-refractivity contribution is -0.138. The van der Waals surface area contributed by atoms with Crippen LogP contribution in [0.1, 0.15) is 33.6 Å². The second kappa shape index (κ2) is 7.02. The molecule has 0 atom stereocenters. The zero-order chi connectivity index (χ0) is 15.3. The molecule has 0 aliphatic heterocycles. The van der Waals surface area contributed by atoms with Crippen molar-refractivity contribution in [1.29, 1.82) is 0 Å². The summed E-state index contributed by atoms with van der Waals surface area (Å²) in [6.45, 7) is 0. The highest BCUT2D eigenvalue weighted by atomic mass is 35.5. The van der Waals surface area contributed by atoms with Crippen molar-refractivity contribution in [2.24, 2.45) is 0 Å². The molecule has 0 aromatic heterocycles. The van der Waals surface area contributed by atoms with Crippen LogP contribution in [0.5, 0.6) is 0 Å². The van der Waals surface area contributed by atoms with Crippen LogP contribution in [-0.4, -0.2) is 27.5 Å². The Bertz CT molecular complexity index is 553. The molecule has 0 radical (unpaired) electrons.